The van der Waals surface area contributed by atoms with E-state index in [2.05, 4.69) is 10.5 Å². The SMILES string of the molecule is Cc1cc(C(=O)NN=CC2CC3CCC2C3)ccc1[N+](=O)[O-]. The fourth-order valence-electron chi connectivity index (χ4n) is 3.73. The first-order valence-corrected chi connectivity index (χ1v) is 7.63. The Balaban J connectivity index is 1.60. The molecule has 2 aliphatic carbocycles. The number of carbonyl (C=O) groups is 1. The van der Waals surface area contributed by atoms with Crippen molar-refractivity contribution in [1.29, 1.82) is 0 Å². The zero-order valence-electron chi connectivity index (χ0n) is 12.5. The van der Waals surface area contributed by atoms with E-state index in [1.54, 1.807) is 6.92 Å². The van der Waals surface area contributed by atoms with Crippen LogP contribution in [-0.2, 0) is 0 Å². The molecular weight excluding hydrogens is 282 g/mol. The maximum atomic E-state index is 12.0. The van der Waals surface area contributed by atoms with E-state index in [0.29, 0.717) is 17.0 Å². The molecule has 22 heavy (non-hydrogen) atoms. The number of nitrogens with one attached hydrogen (secondary N) is 1. The van der Waals surface area contributed by atoms with Crippen molar-refractivity contribution in [2.45, 2.75) is 32.6 Å². The average molecular weight is 301 g/mol. The highest BCUT2D eigenvalue weighted by atomic mass is 16.6. The zero-order chi connectivity index (χ0) is 15.7. The zero-order valence-corrected chi connectivity index (χ0v) is 12.5. The van der Waals surface area contributed by atoms with Crippen LogP contribution in [0.4, 0.5) is 5.69 Å². The maximum Gasteiger partial charge on any atom is 0.272 e. The normalized spacial score (nSPS) is 26.5. The van der Waals surface area contributed by atoms with Gasteiger partial charge in [0, 0.05) is 23.4 Å². The molecule has 2 fully saturated rings. The number of nitro groups is 1. The van der Waals surface area contributed by atoms with Gasteiger partial charge in [-0.05, 0) is 56.1 Å². The summed E-state index contributed by atoms with van der Waals surface area (Å²) in [4.78, 5) is 22.3. The molecule has 6 heteroatoms. The van der Waals surface area contributed by atoms with Crippen LogP contribution in [-0.4, -0.2) is 17.0 Å². The minimum atomic E-state index is -0.454. The van der Waals surface area contributed by atoms with Crippen molar-refractivity contribution in [2.24, 2.45) is 22.9 Å². The molecular formula is C16H19N3O3. The maximum absolute atomic E-state index is 12.0. The average Bonchev–Trinajstić information content (AvgIpc) is 3.09. The second kappa shape index (κ2) is 5.87. The Morgan fingerprint density at radius 1 is 1.41 bits per heavy atom. The molecule has 6 nitrogen and oxygen atoms in total. The molecule has 2 aliphatic rings. The number of nitrogens with zero attached hydrogens (tertiary/aromatic N) is 2. The summed E-state index contributed by atoms with van der Waals surface area (Å²) in [6.07, 6.45) is 6.95. The van der Waals surface area contributed by atoms with Crippen LogP contribution < -0.4 is 5.43 Å². The van der Waals surface area contributed by atoms with E-state index in [1.807, 2.05) is 6.21 Å². The molecule has 3 atom stereocenters. The molecule has 0 aliphatic heterocycles. The van der Waals surface area contributed by atoms with Gasteiger partial charge in [0.15, 0.2) is 0 Å². The molecule has 0 saturated heterocycles. The van der Waals surface area contributed by atoms with Gasteiger partial charge in [-0.1, -0.05) is 6.42 Å². The summed E-state index contributed by atoms with van der Waals surface area (Å²) >= 11 is 0. The monoisotopic (exact) mass is 301 g/mol. The molecule has 0 radical (unpaired) electrons. The lowest BCUT2D eigenvalue weighted by molar-refractivity contribution is -0.385. The number of amides is 1. The molecule has 0 heterocycles. The Labute approximate surface area is 128 Å². The number of fused-ring (bicyclic) bond motifs is 2. The van der Waals surface area contributed by atoms with Crippen LogP contribution in [0.5, 0.6) is 0 Å². The fraction of sp³-hybridized carbons (Fsp3) is 0.500. The third kappa shape index (κ3) is 2.86. The van der Waals surface area contributed by atoms with Crippen LogP contribution >= 0.6 is 0 Å². The van der Waals surface area contributed by atoms with E-state index in [-0.39, 0.29) is 11.6 Å². The quantitative estimate of drug-likeness (QED) is 0.527. The number of carbonyl (C=O) groups excluding carboxylic acids is 1. The van der Waals surface area contributed by atoms with Crippen molar-refractivity contribution < 1.29 is 9.72 Å². The van der Waals surface area contributed by atoms with E-state index in [0.717, 1.165) is 11.8 Å². The van der Waals surface area contributed by atoms with Gasteiger partial charge in [0.05, 0.1) is 4.92 Å². The number of rotatable bonds is 4. The fourth-order valence-corrected chi connectivity index (χ4v) is 3.73. The third-order valence-electron chi connectivity index (χ3n) is 4.88. The van der Waals surface area contributed by atoms with Gasteiger partial charge in [0.2, 0.25) is 0 Å². The van der Waals surface area contributed by atoms with Gasteiger partial charge in [-0.3, -0.25) is 14.9 Å². The van der Waals surface area contributed by atoms with E-state index in [1.165, 1.54) is 43.9 Å². The van der Waals surface area contributed by atoms with Crippen LogP contribution in [0.2, 0.25) is 0 Å². The summed E-state index contributed by atoms with van der Waals surface area (Å²) in [6, 6.07) is 4.32. The highest BCUT2D eigenvalue weighted by Gasteiger charge is 2.38. The molecule has 2 bridgehead atoms. The first kappa shape index (κ1) is 14.7. The molecule has 1 amide bonds. The molecule has 3 rings (SSSR count). The lowest BCUT2D eigenvalue weighted by Crippen LogP contribution is -2.20. The molecule has 1 N–H and O–H groups in total. The van der Waals surface area contributed by atoms with Crippen molar-refractivity contribution in [3.05, 3.63) is 39.4 Å². The summed E-state index contributed by atoms with van der Waals surface area (Å²) in [5, 5.41) is 14.8. The molecule has 2 saturated carbocycles. The molecule has 116 valence electrons. The van der Waals surface area contributed by atoms with Crippen LogP contribution in [0.1, 0.15) is 41.6 Å². The van der Waals surface area contributed by atoms with E-state index < -0.39 is 4.92 Å². The molecule has 0 spiro atoms. The van der Waals surface area contributed by atoms with Crippen LogP contribution in [0.3, 0.4) is 0 Å². The summed E-state index contributed by atoms with van der Waals surface area (Å²) in [5.41, 5.74) is 3.39. The van der Waals surface area contributed by atoms with Gasteiger partial charge in [0.25, 0.3) is 11.6 Å². The lowest BCUT2D eigenvalue weighted by Gasteiger charge is -2.16. The minimum Gasteiger partial charge on any atom is -0.267 e. The number of hydrogen-bond acceptors (Lipinski definition) is 4. The minimum absolute atomic E-state index is 0.0158. The van der Waals surface area contributed by atoms with Gasteiger partial charge in [-0.15, -0.1) is 0 Å². The number of hydrogen-bond donors (Lipinski definition) is 1. The van der Waals surface area contributed by atoms with Crippen molar-refractivity contribution in [1.82, 2.24) is 5.43 Å². The largest absolute Gasteiger partial charge is 0.272 e. The Hall–Kier alpha value is -2.24. The third-order valence-corrected chi connectivity index (χ3v) is 4.88. The first-order chi connectivity index (χ1) is 10.5. The molecule has 0 aromatic heterocycles. The number of hydrazone groups is 1. The van der Waals surface area contributed by atoms with Crippen molar-refractivity contribution >= 4 is 17.8 Å². The summed E-state index contributed by atoms with van der Waals surface area (Å²) in [7, 11) is 0. The summed E-state index contributed by atoms with van der Waals surface area (Å²) < 4.78 is 0. The summed E-state index contributed by atoms with van der Waals surface area (Å²) in [6.45, 7) is 1.62. The lowest BCUT2D eigenvalue weighted by atomic mass is 9.90. The standard InChI is InChI=1S/C16H19N3O3/c1-10-6-13(4-5-15(10)19(21)22)16(20)18-17-9-14-8-11-2-3-12(14)7-11/h4-6,9,11-12,14H,2-3,7-8H2,1H3,(H,18,20). The van der Waals surface area contributed by atoms with E-state index >= 15 is 0 Å². The predicted molar refractivity (Wildman–Crippen MR) is 82.7 cm³/mol. The van der Waals surface area contributed by atoms with Gasteiger partial charge < -0.3 is 0 Å². The Kier molecular flexibility index (Phi) is 3.92. The Bertz CT molecular complexity index is 642. The molecule has 3 unspecified atom stereocenters. The van der Waals surface area contributed by atoms with Gasteiger partial charge >= 0.3 is 0 Å². The second-order valence-electron chi connectivity index (χ2n) is 6.32. The second-order valence-corrected chi connectivity index (χ2v) is 6.32. The van der Waals surface area contributed by atoms with Crippen LogP contribution in [0.15, 0.2) is 23.3 Å². The first-order valence-electron chi connectivity index (χ1n) is 7.63. The Morgan fingerprint density at radius 3 is 2.82 bits per heavy atom. The van der Waals surface area contributed by atoms with E-state index in [4.69, 9.17) is 0 Å². The summed E-state index contributed by atoms with van der Waals surface area (Å²) in [5.74, 6) is 1.72. The highest BCUT2D eigenvalue weighted by molar-refractivity contribution is 5.94. The van der Waals surface area contributed by atoms with Crippen LogP contribution in [0, 0.1) is 34.8 Å². The smallest absolute Gasteiger partial charge is 0.267 e. The predicted octanol–water partition coefficient (Wildman–Crippen LogP) is 3.06. The number of nitro benzene ring substituents is 1. The van der Waals surface area contributed by atoms with E-state index in [9.17, 15) is 14.9 Å². The highest BCUT2D eigenvalue weighted by Crippen LogP contribution is 2.47. The number of benzene rings is 1. The Morgan fingerprint density at radius 2 is 2.23 bits per heavy atom. The number of aryl methyl sites for hydroxylation is 1. The molecule has 1 aromatic rings. The molecule has 1 aromatic carbocycles. The van der Waals surface area contributed by atoms with Gasteiger partial charge in [-0.2, -0.15) is 5.10 Å². The van der Waals surface area contributed by atoms with Crippen molar-refractivity contribution in [3.8, 4) is 0 Å². The van der Waals surface area contributed by atoms with Gasteiger partial charge in [0.1, 0.15) is 0 Å². The van der Waals surface area contributed by atoms with Crippen molar-refractivity contribution in [3.63, 3.8) is 0 Å². The van der Waals surface area contributed by atoms with Crippen LogP contribution in [0.25, 0.3) is 0 Å². The van der Waals surface area contributed by atoms with Gasteiger partial charge in [-0.25, -0.2) is 5.43 Å². The van der Waals surface area contributed by atoms with Crippen molar-refractivity contribution in [2.75, 3.05) is 0 Å². The topological polar surface area (TPSA) is 84.6 Å².